The van der Waals surface area contributed by atoms with Crippen LogP contribution in [0.3, 0.4) is 0 Å². The topological polar surface area (TPSA) is 61.2 Å². The van der Waals surface area contributed by atoms with Crippen molar-refractivity contribution < 1.29 is 13.9 Å². The summed E-state index contributed by atoms with van der Waals surface area (Å²) in [4.78, 5) is 31.3. The number of carbonyl (C=O) groups excluding carboxylic acids is 1. The van der Waals surface area contributed by atoms with E-state index in [1.54, 1.807) is 16.7 Å². The highest BCUT2D eigenvalue weighted by atomic mass is 32.2. The molecule has 0 unspecified atom stereocenters. The minimum Gasteiger partial charge on any atom is -0.465 e. The molecule has 5 nitrogen and oxygen atoms in total. The largest absolute Gasteiger partial charge is 0.465 e. The zero-order valence-electron chi connectivity index (χ0n) is 14.8. The van der Waals surface area contributed by atoms with Gasteiger partial charge in [-0.2, -0.15) is 0 Å². The lowest BCUT2D eigenvalue weighted by Gasteiger charge is -2.12. The van der Waals surface area contributed by atoms with Crippen LogP contribution in [0.15, 0.2) is 34.2 Å². The molecule has 8 heteroatoms. The second-order valence-corrected chi connectivity index (χ2v) is 8.60. The van der Waals surface area contributed by atoms with Crippen molar-refractivity contribution in [3.05, 3.63) is 45.3 Å². The smallest absolute Gasteiger partial charge is 0.319 e. The number of thiophene rings is 1. The Bertz CT molecular complexity index is 1090. The van der Waals surface area contributed by atoms with Gasteiger partial charge in [0.1, 0.15) is 15.9 Å². The molecule has 0 aliphatic carbocycles. The van der Waals surface area contributed by atoms with Gasteiger partial charge in [-0.05, 0) is 31.5 Å². The maximum Gasteiger partial charge on any atom is 0.319 e. The predicted molar refractivity (Wildman–Crippen MR) is 105 cm³/mol. The first-order valence-electron chi connectivity index (χ1n) is 8.62. The molecule has 0 bridgehead atoms. The number of cyclic esters (lactones) is 1. The van der Waals surface area contributed by atoms with E-state index in [1.165, 1.54) is 35.2 Å². The molecule has 3 aromatic rings. The molecule has 1 atom stereocenters. The van der Waals surface area contributed by atoms with Gasteiger partial charge < -0.3 is 4.74 Å². The summed E-state index contributed by atoms with van der Waals surface area (Å²) in [6, 6.07) is 6.13. The monoisotopic (exact) mass is 404 g/mol. The molecule has 1 fully saturated rings. The molecule has 1 saturated heterocycles. The molecule has 0 radical (unpaired) electrons. The quantitative estimate of drug-likeness (QED) is 0.486. The molecule has 0 saturated carbocycles. The summed E-state index contributed by atoms with van der Waals surface area (Å²) >= 11 is 2.72. The minimum absolute atomic E-state index is 0.139. The summed E-state index contributed by atoms with van der Waals surface area (Å²) in [6.45, 7) is 4.66. The van der Waals surface area contributed by atoms with Crippen LogP contribution in [0.2, 0.25) is 0 Å². The van der Waals surface area contributed by atoms with Gasteiger partial charge in [0, 0.05) is 23.4 Å². The molecule has 1 aliphatic rings. The van der Waals surface area contributed by atoms with E-state index in [1.807, 2.05) is 13.8 Å². The van der Waals surface area contributed by atoms with Gasteiger partial charge >= 0.3 is 5.97 Å². The van der Waals surface area contributed by atoms with Crippen LogP contribution in [-0.4, -0.2) is 27.4 Å². The Morgan fingerprint density at radius 1 is 1.33 bits per heavy atom. The lowest BCUT2D eigenvalue weighted by molar-refractivity contribution is -0.137. The fraction of sp³-hybridized carbons (Fsp3) is 0.316. The second-order valence-electron chi connectivity index (χ2n) is 6.23. The van der Waals surface area contributed by atoms with Gasteiger partial charge in [0.25, 0.3) is 5.56 Å². The van der Waals surface area contributed by atoms with Crippen LogP contribution < -0.4 is 5.56 Å². The normalized spacial score (nSPS) is 16.9. The van der Waals surface area contributed by atoms with Gasteiger partial charge in [0.05, 0.1) is 12.0 Å². The Labute approximate surface area is 163 Å². The fourth-order valence-electron chi connectivity index (χ4n) is 3.22. The third kappa shape index (κ3) is 3.17. The van der Waals surface area contributed by atoms with Crippen LogP contribution in [-0.2, 0) is 16.1 Å². The summed E-state index contributed by atoms with van der Waals surface area (Å²) in [7, 11) is 0. The number of aromatic nitrogens is 2. The molecular weight excluding hydrogens is 387 g/mol. The van der Waals surface area contributed by atoms with Gasteiger partial charge in [-0.1, -0.05) is 23.9 Å². The van der Waals surface area contributed by atoms with Crippen molar-refractivity contribution in [1.82, 2.24) is 9.55 Å². The van der Waals surface area contributed by atoms with Crippen molar-refractivity contribution in [2.75, 3.05) is 6.61 Å². The van der Waals surface area contributed by atoms with Gasteiger partial charge in [-0.25, -0.2) is 9.37 Å². The Morgan fingerprint density at radius 3 is 2.70 bits per heavy atom. The van der Waals surface area contributed by atoms with Gasteiger partial charge in [0.15, 0.2) is 5.16 Å². The molecule has 27 heavy (non-hydrogen) atoms. The van der Waals surface area contributed by atoms with Crippen LogP contribution in [0.25, 0.3) is 21.3 Å². The van der Waals surface area contributed by atoms with Crippen molar-refractivity contribution >= 4 is 39.3 Å². The molecule has 0 spiro atoms. The number of thioether (sulfide) groups is 1. The highest BCUT2D eigenvalue weighted by molar-refractivity contribution is 8.00. The van der Waals surface area contributed by atoms with Crippen LogP contribution in [0.4, 0.5) is 4.39 Å². The third-order valence-corrected chi connectivity index (χ3v) is 6.77. The molecule has 0 N–H and O–H groups in total. The zero-order valence-corrected chi connectivity index (χ0v) is 16.5. The number of halogens is 1. The van der Waals surface area contributed by atoms with Crippen molar-refractivity contribution in [1.29, 1.82) is 0 Å². The number of benzene rings is 1. The van der Waals surface area contributed by atoms with E-state index in [9.17, 15) is 14.0 Å². The highest BCUT2D eigenvalue weighted by Crippen LogP contribution is 2.37. The Balaban J connectivity index is 1.89. The number of fused-ring (bicyclic) bond motifs is 1. The molecular formula is C19H17FN2O3S2. The minimum atomic E-state index is -0.329. The first-order valence-corrected chi connectivity index (χ1v) is 10.3. The number of ether oxygens (including phenoxy) is 1. The van der Waals surface area contributed by atoms with Gasteiger partial charge in [-0.15, -0.1) is 11.3 Å². The van der Waals surface area contributed by atoms with Crippen LogP contribution in [0.1, 0.15) is 18.2 Å². The average molecular weight is 404 g/mol. The number of esters is 1. The van der Waals surface area contributed by atoms with E-state index in [0.29, 0.717) is 34.9 Å². The average Bonchev–Trinajstić information content (AvgIpc) is 3.19. The van der Waals surface area contributed by atoms with Crippen LogP contribution in [0.5, 0.6) is 0 Å². The Morgan fingerprint density at radius 2 is 2.07 bits per heavy atom. The first-order chi connectivity index (χ1) is 13.0. The molecule has 140 valence electrons. The SMILES string of the molecule is CCn1c(S[C@@H]2CCOC2=O)nc2sc(C)c(-c3ccc(F)cc3)c2c1=O. The lowest BCUT2D eigenvalue weighted by atomic mass is 10.0. The summed E-state index contributed by atoms with van der Waals surface area (Å²) in [5.74, 6) is -0.575. The number of rotatable bonds is 4. The molecule has 1 aromatic carbocycles. The van der Waals surface area contributed by atoms with E-state index in [2.05, 4.69) is 0 Å². The summed E-state index contributed by atoms with van der Waals surface area (Å²) in [5.41, 5.74) is 1.45. The number of nitrogens with zero attached hydrogens (tertiary/aromatic N) is 2. The number of carbonyl (C=O) groups is 1. The molecule has 4 rings (SSSR count). The molecule has 3 heterocycles. The third-order valence-electron chi connectivity index (χ3n) is 4.54. The summed E-state index contributed by atoms with van der Waals surface area (Å²) < 4.78 is 19.9. The van der Waals surface area contributed by atoms with Crippen LogP contribution >= 0.6 is 23.1 Å². The number of hydrogen-bond donors (Lipinski definition) is 0. The Hall–Kier alpha value is -2.19. The Kier molecular flexibility index (Phi) is 4.77. The highest BCUT2D eigenvalue weighted by Gasteiger charge is 2.30. The van der Waals surface area contributed by atoms with E-state index in [4.69, 9.17) is 9.72 Å². The fourth-order valence-corrected chi connectivity index (χ4v) is 5.43. The van der Waals surface area contributed by atoms with E-state index < -0.39 is 0 Å². The lowest BCUT2D eigenvalue weighted by Crippen LogP contribution is -2.23. The molecule has 0 amide bonds. The molecule has 1 aliphatic heterocycles. The van der Waals surface area contributed by atoms with Crippen molar-refractivity contribution in [3.63, 3.8) is 0 Å². The number of aryl methyl sites for hydroxylation is 1. The summed E-state index contributed by atoms with van der Waals surface area (Å²) in [6.07, 6.45) is 0.616. The standard InChI is InChI=1S/C19H17FN2O3S2/c1-3-22-17(23)15-14(11-4-6-12(20)7-5-11)10(2)26-16(15)21-19(22)27-13-8-9-25-18(13)24/h4-7,13H,3,8-9H2,1-2H3/t13-/m1/s1. The predicted octanol–water partition coefficient (Wildman–Crippen LogP) is 4.00. The second kappa shape index (κ2) is 7.09. The van der Waals surface area contributed by atoms with E-state index in [0.717, 1.165) is 16.0 Å². The van der Waals surface area contributed by atoms with Gasteiger partial charge in [0.2, 0.25) is 0 Å². The van der Waals surface area contributed by atoms with Crippen molar-refractivity contribution in [2.45, 2.75) is 37.2 Å². The van der Waals surface area contributed by atoms with Crippen molar-refractivity contribution in [2.24, 2.45) is 0 Å². The van der Waals surface area contributed by atoms with Gasteiger partial charge in [-0.3, -0.25) is 14.2 Å². The zero-order chi connectivity index (χ0) is 19.1. The maximum absolute atomic E-state index is 13.3. The first kappa shape index (κ1) is 18.2. The summed E-state index contributed by atoms with van der Waals surface area (Å²) in [5, 5.41) is 0.750. The van der Waals surface area contributed by atoms with Crippen LogP contribution in [0, 0.1) is 12.7 Å². The van der Waals surface area contributed by atoms with Crippen molar-refractivity contribution in [3.8, 4) is 11.1 Å². The maximum atomic E-state index is 13.3. The molecule has 2 aromatic heterocycles. The number of hydrogen-bond acceptors (Lipinski definition) is 6. The van der Waals surface area contributed by atoms with E-state index >= 15 is 0 Å². The van der Waals surface area contributed by atoms with E-state index in [-0.39, 0.29) is 22.6 Å².